The Morgan fingerprint density at radius 3 is 2.93 bits per heavy atom. The molecule has 1 aliphatic heterocycles. The van der Waals surface area contributed by atoms with Crippen LogP contribution in [0.25, 0.3) is 0 Å². The van der Waals surface area contributed by atoms with E-state index >= 15 is 0 Å². The van der Waals surface area contributed by atoms with Crippen LogP contribution in [0.2, 0.25) is 0 Å². The van der Waals surface area contributed by atoms with Crippen LogP contribution in [0.5, 0.6) is 5.75 Å². The Balaban J connectivity index is 0.00000320. The lowest BCUT2D eigenvalue weighted by molar-refractivity contribution is 0.166. The third kappa shape index (κ3) is 7.12. The summed E-state index contributed by atoms with van der Waals surface area (Å²) < 4.78 is 13.6. The van der Waals surface area contributed by atoms with E-state index in [0.29, 0.717) is 25.6 Å². The summed E-state index contributed by atoms with van der Waals surface area (Å²) in [6.45, 7) is 11.2. The van der Waals surface area contributed by atoms with Crippen molar-refractivity contribution in [3.8, 4) is 5.75 Å². The molecule has 0 spiro atoms. The summed E-state index contributed by atoms with van der Waals surface area (Å²) in [6, 6.07) is 6.28. The maximum atomic E-state index is 6.13. The van der Waals surface area contributed by atoms with E-state index in [9.17, 15) is 0 Å². The zero-order valence-corrected chi connectivity index (χ0v) is 20.4. The van der Waals surface area contributed by atoms with Gasteiger partial charge in [-0.2, -0.15) is 0 Å². The molecule has 166 valence electrons. The van der Waals surface area contributed by atoms with Crippen LogP contribution in [0.4, 0.5) is 0 Å². The minimum Gasteiger partial charge on any atom is -0.493 e. The number of nitrogens with zero attached hydrogens (tertiary/aromatic N) is 4. The first-order chi connectivity index (χ1) is 14.2. The van der Waals surface area contributed by atoms with Crippen molar-refractivity contribution in [3.63, 3.8) is 0 Å². The highest BCUT2D eigenvalue weighted by Crippen LogP contribution is 2.23. The van der Waals surface area contributed by atoms with Gasteiger partial charge in [0.15, 0.2) is 11.8 Å². The molecule has 1 aromatic heterocycles. The minimum absolute atomic E-state index is 0. The number of rotatable bonds is 9. The number of halogens is 1. The average Bonchev–Trinajstić information content (AvgIpc) is 3.41. The zero-order chi connectivity index (χ0) is 20.5. The summed E-state index contributed by atoms with van der Waals surface area (Å²) in [5.41, 5.74) is 2.25. The fourth-order valence-corrected chi connectivity index (χ4v) is 3.20. The summed E-state index contributed by atoms with van der Waals surface area (Å²) in [6.07, 6.45) is 2.81. The van der Waals surface area contributed by atoms with E-state index in [2.05, 4.69) is 59.8 Å². The normalized spacial score (nSPS) is 16.2. The lowest BCUT2D eigenvalue weighted by atomic mass is 10.1. The highest BCUT2D eigenvalue weighted by Gasteiger charge is 2.17. The largest absolute Gasteiger partial charge is 0.493 e. The molecular weight excluding hydrogens is 495 g/mol. The van der Waals surface area contributed by atoms with Crippen LogP contribution in [-0.4, -0.2) is 47.1 Å². The lowest BCUT2D eigenvalue weighted by Crippen LogP contribution is -2.37. The van der Waals surface area contributed by atoms with Crippen molar-refractivity contribution < 1.29 is 9.47 Å². The first-order valence-corrected chi connectivity index (χ1v) is 10.4. The molecule has 8 nitrogen and oxygen atoms in total. The SMILES string of the molecule is CCNC(=NCc1ccc(C)cc1OCC1CCOC1)NCc1nncn1CC.I. The summed E-state index contributed by atoms with van der Waals surface area (Å²) in [4.78, 5) is 4.74. The topological polar surface area (TPSA) is 85.6 Å². The summed E-state index contributed by atoms with van der Waals surface area (Å²) in [5, 5.41) is 14.7. The van der Waals surface area contributed by atoms with Gasteiger partial charge in [0.05, 0.1) is 26.3 Å². The van der Waals surface area contributed by atoms with Gasteiger partial charge in [0.25, 0.3) is 0 Å². The van der Waals surface area contributed by atoms with Crippen LogP contribution in [0.3, 0.4) is 0 Å². The van der Waals surface area contributed by atoms with E-state index in [-0.39, 0.29) is 24.0 Å². The van der Waals surface area contributed by atoms with Crippen molar-refractivity contribution in [2.24, 2.45) is 10.9 Å². The fraction of sp³-hybridized carbons (Fsp3) is 0.571. The van der Waals surface area contributed by atoms with Gasteiger partial charge in [-0.3, -0.25) is 0 Å². The number of hydrogen-bond acceptors (Lipinski definition) is 5. The average molecular weight is 528 g/mol. The van der Waals surface area contributed by atoms with E-state index < -0.39 is 0 Å². The lowest BCUT2D eigenvalue weighted by Gasteiger charge is -2.15. The number of guanidine groups is 1. The first-order valence-electron chi connectivity index (χ1n) is 10.4. The Bertz CT molecular complexity index is 805. The van der Waals surface area contributed by atoms with Gasteiger partial charge in [-0.05, 0) is 38.8 Å². The van der Waals surface area contributed by atoms with Crippen molar-refractivity contribution in [1.82, 2.24) is 25.4 Å². The van der Waals surface area contributed by atoms with Crippen molar-refractivity contribution >= 4 is 29.9 Å². The van der Waals surface area contributed by atoms with Gasteiger partial charge in [0.2, 0.25) is 0 Å². The molecule has 0 radical (unpaired) electrons. The van der Waals surface area contributed by atoms with E-state index in [1.165, 1.54) is 5.56 Å². The molecule has 1 unspecified atom stereocenters. The Hall–Kier alpha value is -1.88. The van der Waals surface area contributed by atoms with Crippen LogP contribution >= 0.6 is 24.0 Å². The molecule has 0 amide bonds. The molecule has 1 atom stereocenters. The molecule has 0 aliphatic carbocycles. The van der Waals surface area contributed by atoms with Crippen molar-refractivity contribution in [1.29, 1.82) is 0 Å². The third-order valence-corrected chi connectivity index (χ3v) is 4.92. The maximum Gasteiger partial charge on any atom is 0.191 e. The smallest absolute Gasteiger partial charge is 0.191 e. The van der Waals surface area contributed by atoms with Crippen LogP contribution < -0.4 is 15.4 Å². The monoisotopic (exact) mass is 528 g/mol. The molecule has 1 fully saturated rings. The fourth-order valence-electron chi connectivity index (χ4n) is 3.20. The first kappa shape index (κ1) is 24.4. The number of aliphatic imine (C=N–C) groups is 1. The van der Waals surface area contributed by atoms with Gasteiger partial charge >= 0.3 is 0 Å². The maximum absolute atomic E-state index is 6.13. The quantitative estimate of drug-likeness (QED) is 0.296. The second-order valence-electron chi connectivity index (χ2n) is 7.23. The Labute approximate surface area is 195 Å². The number of aromatic nitrogens is 3. The van der Waals surface area contributed by atoms with Crippen LogP contribution in [0.1, 0.15) is 37.2 Å². The van der Waals surface area contributed by atoms with Crippen LogP contribution in [-0.2, 0) is 24.4 Å². The second-order valence-corrected chi connectivity index (χ2v) is 7.23. The minimum atomic E-state index is 0. The molecule has 2 N–H and O–H groups in total. The van der Waals surface area contributed by atoms with Crippen molar-refractivity contribution in [3.05, 3.63) is 41.5 Å². The predicted octanol–water partition coefficient (Wildman–Crippen LogP) is 2.90. The Kier molecular flexibility index (Phi) is 10.4. The molecule has 0 bridgehead atoms. The number of nitrogens with one attached hydrogen (secondary N) is 2. The molecular formula is C21H33IN6O2. The number of ether oxygens (including phenoxy) is 2. The van der Waals surface area contributed by atoms with E-state index in [1.807, 2.05) is 4.57 Å². The summed E-state index contributed by atoms with van der Waals surface area (Å²) >= 11 is 0. The molecule has 2 aromatic rings. The van der Waals surface area contributed by atoms with Gasteiger partial charge in [-0.25, -0.2) is 4.99 Å². The number of hydrogen-bond donors (Lipinski definition) is 2. The molecule has 2 heterocycles. The number of aryl methyl sites for hydroxylation is 2. The van der Waals surface area contributed by atoms with Gasteiger partial charge in [-0.15, -0.1) is 34.2 Å². The molecule has 3 rings (SSSR count). The predicted molar refractivity (Wildman–Crippen MR) is 128 cm³/mol. The zero-order valence-electron chi connectivity index (χ0n) is 18.1. The molecule has 0 saturated carbocycles. The number of benzene rings is 1. The molecule has 30 heavy (non-hydrogen) atoms. The van der Waals surface area contributed by atoms with E-state index in [0.717, 1.165) is 55.8 Å². The van der Waals surface area contributed by atoms with Gasteiger partial charge < -0.3 is 24.7 Å². The molecule has 1 aliphatic rings. The van der Waals surface area contributed by atoms with Crippen LogP contribution in [0, 0.1) is 12.8 Å². The summed E-state index contributed by atoms with van der Waals surface area (Å²) in [5.74, 6) is 3.01. The summed E-state index contributed by atoms with van der Waals surface area (Å²) in [7, 11) is 0. The van der Waals surface area contributed by atoms with Crippen molar-refractivity contribution in [2.45, 2.75) is 46.8 Å². The Morgan fingerprint density at radius 2 is 2.20 bits per heavy atom. The van der Waals surface area contributed by atoms with Crippen LogP contribution in [0.15, 0.2) is 29.5 Å². The van der Waals surface area contributed by atoms with E-state index in [1.54, 1.807) is 6.33 Å². The highest BCUT2D eigenvalue weighted by atomic mass is 127. The highest BCUT2D eigenvalue weighted by molar-refractivity contribution is 14.0. The molecule has 1 saturated heterocycles. The second kappa shape index (κ2) is 12.7. The van der Waals surface area contributed by atoms with Gasteiger partial charge in [-0.1, -0.05) is 12.1 Å². The van der Waals surface area contributed by atoms with Gasteiger partial charge in [0.1, 0.15) is 12.1 Å². The van der Waals surface area contributed by atoms with E-state index in [4.69, 9.17) is 14.5 Å². The van der Waals surface area contributed by atoms with Gasteiger partial charge in [0, 0.05) is 31.2 Å². The third-order valence-electron chi connectivity index (χ3n) is 4.92. The Morgan fingerprint density at radius 1 is 1.33 bits per heavy atom. The van der Waals surface area contributed by atoms with Crippen molar-refractivity contribution in [2.75, 3.05) is 26.4 Å². The standard InChI is InChI=1S/C21H32N6O2.HI/c1-4-22-21(24-12-20-26-25-15-27(20)5-2)23-11-18-7-6-16(3)10-19(18)29-14-17-8-9-28-13-17;/h6-7,10,15,17H,4-5,8-9,11-14H2,1-3H3,(H2,22,23,24);1H. The molecule has 9 heteroatoms. The molecule has 1 aromatic carbocycles.